The van der Waals surface area contributed by atoms with Crippen molar-refractivity contribution in [3.8, 4) is 0 Å². The Morgan fingerprint density at radius 3 is 2.83 bits per heavy atom. The zero-order valence-corrected chi connectivity index (χ0v) is 13.7. The van der Waals surface area contributed by atoms with E-state index in [2.05, 4.69) is 11.9 Å². The van der Waals surface area contributed by atoms with Crippen molar-refractivity contribution in [2.24, 2.45) is 0 Å². The zero-order valence-electron chi connectivity index (χ0n) is 13.7. The zero-order chi connectivity index (χ0) is 17.9. The fourth-order valence-electron chi connectivity index (χ4n) is 2.72. The van der Waals surface area contributed by atoms with Crippen LogP contribution in [0.5, 0.6) is 0 Å². The highest BCUT2D eigenvalue weighted by Crippen LogP contribution is 2.27. The summed E-state index contributed by atoms with van der Waals surface area (Å²) in [7, 11) is 1.49. The Morgan fingerprint density at radius 2 is 2.21 bits per heavy atom. The van der Waals surface area contributed by atoms with E-state index >= 15 is 0 Å². The second-order valence-corrected chi connectivity index (χ2v) is 5.68. The van der Waals surface area contributed by atoms with Gasteiger partial charge in [0.1, 0.15) is 11.9 Å². The van der Waals surface area contributed by atoms with Crippen LogP contribution in [0.3, 0.4) is 0 Å². The average molecular weight is 333 g/mol. The lowest BCUT2D eigenvalue weighted by Crippen LogP contribution is -2.54. The van der Waals surface area contributed by atoms with Gasteiger partial charge in [-0.25, -0.2) is 4.39 Å². The molecule has 3 amide bonds. The number of likely N-dealkylation sites (N-methyl/N-ethyl adjacent to an activating group) is 1. The van der Waals surface area contributed by atoms with Crippen LogP contribution in [-0.2, 0) is 14.4 Å². The van der Waals surface area contributed by atoms with Crippen molar-refractivity contribution in [3.05, 3.63) is 47.8 Å². The third-order valence-corrected chi connectivity index (χ3v) is 3.98. The molecule has 1 fully saturated rings. The van der Waals surface area contributed by atoms with E-state index in [-0.39, 0.29) is 24.3 Å². The minimum Gasteiger partial charge on any atom is -0.352 e. The van der Waals surface area contributed by atoms with Crippen LogP contribution in [0, 0.1) is 12.7 Å². The first-order chi connectivity index (χ1) is 11.3. The number of aryl methyl sites for hydroxylation is 1. The molecule has 0 aromatic heterocycles. The molecule has 1 saturated heterocycles. The standard InChI is InChI=1S/C17H20FN3O3/c1-4-14(22)20(3)10-15(23)21-8-7-19-17(24)16(21)13-6-5-12(18)9-11(13)2/h4-6,9,16H,1,7-8,10H2,2-3H3,(H,19,24). The third kappa shape index (κ3) is 3.61. The SMILES string of the molecule is C=CC(=O)N(C)CC(=O)N1CCNC(=O)C1c1ccc(F)cc1C. The maximum Gasteiger partial charge on any atom is 0.247 e. The monoisotopic (exact) mass is 333 g/mol. The van der Waals surface area contributed by atoms with Crippen LogP contribution in [-0.4, -0.2) is 54.2 Å². The number of nitrogens with zero attached hydrogens (tertiary/aromatic N) is 2. The molecule has 1 aromatic carbocycles. The topological polar surface area (TPSA) is 69.7 Å². The van der Waals surface area contributed by atoms with Crippen LogP contribution in [0.15, 0.2) is 30.9 Å². The number of carbonyl (C=O) groups excluding carboxylic acids is 3. The molecule has 0 aliphatic carbocycles. The van der Waals surface area contributed by atoms with Gasteiger partial charge in [-0.15, -0.1) is 0 Å². The molecule has 0 saturated carbocycles. The van der Waals surface area contributed by atoms with E-state index < -0.39 is 11.9 Å². The molecule has 7 heteroatoms. The summed E-state index contributed by atoms with van der Waals surface area (Å²) < 4.78 is 13.3. The maximum atomic E-state index is 13.3. The quantitative estimate of drug-likeness (QED) is 0.828. The lowest BCUT2D eigenvalue weighted by Gasteiger charge is -2.36. The summed E-state index contributed by atoms with van der Waals surface area (Å²) >= 11 is 0. The van der Waals surface area contributed by atoms with Gasteiger partial charge in [0, 0.05) is 20.1 Å². The summed E-state index contributed by atoms with van der Waals surface area (Å²) in [5, 5.41) is 2.72. The van der Waals surface area contributed by atoms with Crippen molar-refractivity contribution in [3.63, 3.8) is 0 Å². The van der Waals surface area contributed by atoms with E-state index in [0.29, 0.717) is 24.2 Å². The Labute approximate surface area is 139 Å². The van der Waals surface area contributed by atoms with Crippen LogP contribution >= 0.6 is 0 Å². The molecule has 1 atom stereocenters. The molecule has 0 radical (unpaired) electrons. The van der Waals surface area contributed by atoms with E-state index in [9.17, 15) is 18.8 Å². The summed E-state index contributed by atoms with van der Waals surface area (Å²) in [5.74, 6) is -1.45. The second-order valence-electron chi connectivity index (χ2n) is 5.68. The Hall–Kier alpha value is -2.70. The predicted molar refractivity (Wildman–Crippen MR) is 86.4 cm³/mol. The number of piperazine rings is 1. The fraction of sp³-hybridized carbons (Fsp3) is 0.353. The summed E-state index contributed by atoms with van der Waals surface area (Å²) in [6.45, 7) is 5.57. The van der Waals surface area contributed by atoms with Crippen LogP contribution < -0.4 is 5.32 Å². The molecule has 1 unspecified atom stereocenters. The molecule has 2 rings (SSSR count). The number of amides is 3. The molecule has 1 aliphatic heterocycles. The normalized spacial score (nSPS) is 17.2. The summed E-state index contributed by atoms with van der Waals surface area (Å²) in [6.07, 6.45) is 1.12. The first-order valence-electron chi connectivity index (χ1n) is 7.56. The van der Waals surface area contributed by atoms with Crippen LogP contribution in [0.2, 0.25) is 0 Å². The summed E-state index contributed by atoms with van der Waals surface area (Å²) in [4.78, 5) is 39.1. The van der Waals surface area contributed by atoms with Crippen molar-refractivity contribution in [2.45, 2.75) is 13.0 Å². The van der Waals surface area contributed by atoms with Gasteiger partial charge in [-0.05, 0) is 36.3 Å². The summed E-state index contributed by atoms with van der Waals surface area (Å²) in [5.41, 5.74) is 1.16. The van der Waals surface area contributed by atoms with Gasteiger partial charge in [0.05, 0.1) is 6.54 Å². The molecular formula is C17H20FN3O3. The Bertz CT molecular complexity index is 690. The number of carbonyl (C=O) groups is 3. The number of benzene rings is 1. The lowest BCUT2D eigenvalue weighted by molar-refractivity contribution is -0.145. The van der Waals surface area contributed by atoms with Crippen LogP contribution in [0.4, 0.5) is 4.39 Å². The number of rotatable bonds is 4. The Morgan fingerprint density at radius 1 is 1.50 bits per heavy atom. The molecule has 24 heavy (non-hydrogen) atoms. The van der Waals surface area contributed by atoms with Crippen molar-refractivity contribution < 1.29 is 18.8 Å². The van der Waals surface area contributed by atoms with Crippen molar-refractivity contribution >= 4 is 17.7 Å². The van der Waals surface area contributed by atoms with E-state index in [1.165, 1.54) is 35.0 Å². The number of nitrogens with one attached hydrogen (secondary N) is 1. The minimum absolute atomic E-state index is 0.158. The first kappa shape index (κ1) is 17.7. The average Bonchev–Trinajstić information content (AvgIpc) is 2.54. The molecule has 0 bridgehead atoms. The highest BCUT2D eigenvalue weighted by atomic mass is 19.1. The molecule has 128 valence electrons. The second kappa shape index (κ2) is 7.25. The summed E-state index contributed by atoms with van der Waals surface area (Å²) in [6, 6.07) is 3.27. The molecule has 1 aromatic rings. The largest absolute Gasteiger partial charge is 0.352 e. The van der Waals surface area contributed by atoms with Crippen molar-refractivity contribution in [1.82, 2.24) is 15.1 Å². The first-order valence-corrected chi connectivity index (χ1v) is 7.56. The Kier molecular flexibility index (Phi) is 5.33. The van der Waals surface area contributed by atoms with Crippen molar-refractivity contribution in [2.75, 3.05) is 26.7 Å². The molecular weight excluding hydrogens is 313 g/mol. The molecule has 1 heterocycles. The number of hydrogen-bond acceptors (Lipinski definition) is 3. The minimum atomic E-state index is -0.834. The van der Waals surface area contributed by atoms with Gasteiger partial charge >= 0.3 is 0 Å². The van der Waals surface area contributed by atoms with Crippen molar-refractivity contribution in [1.29, 1.82) is 0 Å². The molecule has 0 spiro atoms. The highest BCUT2D eigenvalue weighted by molar-refractivity contribution is 5.93. The molecule has 1 N–H and O–H groups in total. The smallest absolute Gasteiger partial charge is 0.247 e. The Balaban J connectivity index is 2.29. The van der Waals surface area contributed by atoms with Gasteiger partial charge in [0.25, 0.3) is 0 Å². The fourth-order valence-corrected chi connectivity index (χ4v) is 2.72. The van der Waals surface area contributed by atoms with E-state index in [1.807, 2.05) is 0 Å². The number of hydrogen-bond donors (Lipinski definition) is 1. The van der Waals surface area contributed by atoms with Crippen LogP contribution in [0.1, 0.15) is 17.2 Å². The third-order valence-electron chi connectivity index (χ3n) is 3.98. The van der Waals surface area contributed by atoms with Gasteiger partial charge in [-0.1, -0.05) is 12.6 Å². The van der Waals surface area contributed by atoms with Crippen LogP contribution in [0.25, 0.3) is 0 Å². The highest BCUT2D eigenvalue weighted by Gasteiger charge is 2.35. The van der Waals surface area contributed by atoms with E-state index in [0.717, 1.165) is 6.08 Å². The predicted octanol–water partition coefficient (Wildman–Crippen LogP) is 0.778. The van der Waals surface area contributed by atoms with Gasteiger partial charge in [-0.2, -0.15) is 0 Å². The van der Waals surface area contributed by atoms with Gasteiger partial charge in [0.2, 0.25) is 17.7 Å². The molecule has 1 aliphatic rings. The molecule has 6 nitrogen and oxygen atoms in total. The van der Waals surface area contributed by atoms with E-state index in [4.69, 9.17) is 0 Å². The van der Waals surface area contributed by atoms with E-state index in [1.54, 1.807) is 6.92 Å². The van der Waals surface area contributed by atoms with Gasteiger partial charge in [-0.3, -0.25) is 14.4 Å². The lowest BCUT2D eigenvalue weighted by atomic mass is 9.97. The van der Waals surface area contributed by atoms with Gasteiger partial charge < -0.3 is 15.1 Å². The van der Waals surface area contributed by atoms with Gasteiger partial charge in [0.15, 0.2) is 0 Å². The number of halogens is 1. The maximum absolute atomic E-state index is 13.3.